The van der Waals surface area contributed by atoms with Gasteiger partial charge in [0.25, 0.3) is 0 Å². The third-order valence-electron chi connectivity index (χ3n) is 4.98. The first-order valence-electron chi connectivity index (χ1n) is 9.25. The second-order valence-corrected chi connectivity index (χ2v) is 7.43. The molecule has 3 heteroatoms. The molecule has 3 nitrogen and oxygen atoms in total. The lowest BCUT2D eigenvalue weighted by molar-refractivity contribution is -0.132. The molecule has 0 aliphatic carbocycles. The van der Waals surface area contributed by atoms with Crippen LogP contribution in [-0.4, -0.2) is 25.0 Å². The SMILES string of the molecule is CC(C)NC(=O)[C@@]1(Cc2ccc(-c3ccccc3)cc2)CCCNC1. The summed E-state index contributed by atoms with van der Waals surface area (Å²) in [6.07, 6.45) is 2.78. The lowest BCUT2D eigenvalue weighted by Crippen LogP contribution is -2.53. The van der Waals surface area contributed by atoms with E-state index >= 15 is 0 Å². The molecule has 1 aliphatic rings. The van der Waals surface area contributed by atoms with E-state index in [2.05, 4.69) is 59.2 Å². The van der Waals surface area contributed by atoms with Crippen LogP contribution in [0.2, 0.25) is 0 Å². The maximum atomic E-state index is 12.9. The Morgan fingerprint density at radius 2 is 1.76 bits per heavy atom. The van der Waals surface area contributed by atoms with E-state index in [1.165, 1.54) is 16.7 Å². The summed E-state index contributed by atoms with van der Waals surface area (Å²) in [5.41, 5.74) is 3.33. The highest BCUT2D eigenvalue weighted by molar-refractivity contribution is 5.83. The standard InChI is InChI=1S/C22H28N2O/c1-17(2)24-21(25)22(13-6-14-23-16-22)15-18-9-11-20(12-10-18)19-7-4-3-5-8-19/h3-5,7-12,17,23H,6,13-16H2,1-2H3,(H,24,25)/t22-/m1/s1. The number of carbonyl (C=O) groups excluding carboxylic acids is 1. The fourth-order valence-electron chi connectivity index (χ4n) is 3.64. The zero-order chi connectivity index (χ0) is 17.7. The van der Waals surface area contributed by atoms with Crippen LogP contribution in [-0.2, 0) is 11.2 Å². The topological polar surface area (TPSA) is 41.1 Å². The van der Waals surface area contributed by atoms with Gasteiger partial charge in [0.2, 0.25) is 5.91 Å². The van der Waals surface area contributed by atoms with Crippen LogP contribution in [0.4, 0.5) is 0 Å². The van der Waals surface area contributed by atoms with Crippen molar-refractivity contribution in [2.24, 2.45) is 5.41 Å². The molecule has 3 rings (SSSR count). The summed E-state index contributed by atoms with van der Waals surface area (Å²) in [6, 6.07) is 19.2. The Morgan fingerprint density at radius 3 is 2.36 bits per heavy atom. The molecule has 1 heterocycles. The highest BCUT2D eigenvalue weighted by Gasteiger charge is 2.39. The molecule has 132 valence electrons. The molecule has 1 aliphatic heterocycles. The number of piperidine rings is 1. The zero-order valence-corrected chi connectivity index (χ0v) is 15.2. The second-order valence-electron chi connectivity index (χ2n) is 7.43. The quantitative estimate of drug-likeness (QED) is 0.872. The zero-order valence-electron chi connectivity index (χ0n) is 15.2. The molecule has 0 spiro atoms. The van der Waals surface area contributed by atoms with Crippen molar-refractivity contribution in [1.29, 1.82) is 0 Å². The second kappa shape index (κ2) is 7.83. The van der Waals surface area contributed by atoms with Crippen molar-refractivity contribution in [1.82, 2.24) is 10.6 Å². The van der Waals surface area contributed by atoms with Crippen molar-refractivity contribution in [2.45, 2.75) is 39.2 Å². The molecule has 25 heavy (non-hydrogen) atoms. The van der Waals surface area contributed by atoms with Gasteiger partial charge in [0.15, 0.2) is 0 Å². The van der Waals surface area contributed by atoms with Gasteiger partial charge in [-0.3, -0.25) is 4.79 Å². The molecule has 0 bridgehead atoms. The minimum absolute atomic E-state index is 0.173. The van der Waals surface area contributed by atoms with Crippen molar-refractivity contribution in [3.05, 3.63) is 60.2 Å². The van der Waals surface area contributed by atoms with E-state index in [4.69, 9.17) is 0 Å². The maximum Gasteiger partial charge on any atom is 0.228 e. The van der Waals surface area contributed by atoms with Gasteiger partial charge in [0.1, 0.15) is 0 Å². The average Bonchev–Trinajstić information content (AvgIpc) is 2.63. The van der Waals surface area contributed by atoms with Gasteiger partial charge in [0.05, 0.1) is 5.41 Å². The van der Waals surface area contributed by atoms with Crippen molar-refractivity contribution < 1.29 is 4.79 Å². The van der Waals surface area contributed by atoms with Crippen molar-refractivity contribution in [2.75, 3.05) is 13.1 Å². The van der Waals surface area contributed by atoms with Gasteiger partial charge in [-0.2, -0.15) is 0 Å². The molecular formula is C22H28N2O. The molecule has 1 fully saturated rings. The lowest BCUT2D eigenvalue weighted by atomic mass is 9.74. The monoisotopic (exact) mass is 336 g/mol. The Bertz CT molecular complexity index is 686. The molecule has 2 aromatic carbocycles. The van der Waals surface area contributed by atoms with Gasteiger partial charge in [-0.15, -0.1) is 0 Å². The maximum absolute atomic E-state index is 12.9. The van der Waals surface area contributed by atoms with E-state index in [1.807, 2.05) is 19.9 Å². The van der Waals surface area contributed by atoms with Crippen molar-refractivity contribution >= 4 is 5.91 Å². The van der Waals surface area contributed by atoms with Crippen LogP contribution < -0.4 is 10.6 Å². The number of nitrogens with one attached hydrogen (secondary N) is 2. The summed E-state index contributed by atoms with van der Waals surface area (Å²) in [5.74, 6) is 0.182. The molecule has 0 unspecified atom stereocenters. The predicted molar refractivity (Wildman–Crippen MR) is 103 cm³/mol. The molecule has 2 aromatic rings. The van der Waals surface area contributed by atoms with Crippen molar-refractivity contribution in [3.8, 4) is 11.1 Å². The Labute approximate surface area is 150 Å². The molecule has 1 atom stereocenters. The third kappa shape index (κ3) is 4.29. The van der Waals surface area contributed by atoms with Crippen LogP contribution in [0.1, 0.15) is 32.3 Å². The Balaban J connectivity index is 1.79. The summed E-state index contributed by atoms with van der Waals surface area (Å²) in [5, 5.41) is 6.56. The number of hydrogen-bond acceptors (Lipinski definition) is 2. The summed E-state index contributed by atoms with van der Waals surface area (Å²) >= 11 is 0. The van der Waals surface area contributed by atoms with E-state index in [0.29, 0.717) is 0 Å². The Hall–Kier alpha value is -2.13. The van der Waals surface area contributed by atoms with Gasteiger partial charge >= 0.3 is 0 Å². The number of benzene rings is 2. The van der Waals surface area contributed by atoms with E-state index in [-0.39, 0.29) is 17.4 Å². The number of rotatable bonds is 5. The molecular weight excluding hydrogens is 308 g/mol. The normalized spacial score (nSPS) is 20.4. The average molecular weight is 336 g/mol. The van der Waals surface area contributed by atoms with Crippen molar-refractivity contribution in [3.63, 3.8) is 0 Å². The van der Waals surface area contributed by atoms with E-state index in [1.54, 1.807) is 0 Å². The Morgan fingerprint density at radius 1 is 1.08 bits per heavy atom. The van der Waals surface area contributed by atoms with Crippen LogP contribution in [0, 0.1) is 5.41 Å². The smallest absolute Gasteiger partial charge is 0.228 e. The van der Waals surface area contributed by atoms with Gasteiger partial charge in [-0.25, -0.2) is 0 Å². The van der Waals surface area contributed by atoms with Crippen LogP contribution in [0.5, 0.6) is 0 Å². The predicted octanol–water partition coefficient (Wildman–Crippen LogP) is 3.79. The highest BCUT2D eigenvalue weighted by atomic mass is 16.2. The first-order valence-corrected chi connectivity index (χ1v) is 9.25. The van der Waals surface area contributed by atoms with Gasteiger partial charge in [-0.1, -0.05) is 54.6 Å². The summed E-state index contributed by atoms with van der Waals surface area (Å²) in [7, 11) is 0. The first-order chi connectivity index (χ1) is 12.1. The fourth-order valence-corrected chi connectivity index (χ4v) is 3.64. The van der Waals surface area contributed by atoms with E-state index < -0.39 is 0 Å². The molecule has 0 radical (unpaired) electrons. The van der Waals surface area contributed by atoms with E-state index in [0.717, 1.165) is 32.4 Å². The third-order valence-corrected chi connectivity index (χ3v) is 4.98. The van der Waals surface area contributed by atoms with Crippen LogP contribution in [0.25, 0.3) is 11.1 Å². The van der Waals surface area contributed by atoms with Crippen LogP contribution in [0.3, 0.4) is 0 Å². The molecule has 1 amide bonds. The van der Waals surface area contributed by atoms with Gasteiger partial charge in [-0.05, 0) is 56.3 Å². The molecule has 0 saturated carbocycles. The number of hydrogen-bond donors (Lipinski definition) is 2. The molecule has 2 N–H and O–H groups in total. The first kappa shape index (κ1) is 17.7. The number of carbonyl (C=O) groups is 1. The minimum Gasteiger partial charge on any atom is -0.353 e. The highest BCUT2D eigenvalue weighted by Crippen LogP contribution is 2.32. The molecule has 1 saturated heterocycles. The van der Waals surface area contributed by atoms with Crippen LogP contribution in [0.15, 0.2) is 54.6 Å². The lowest BCUT2D eigenvalue weighted by Gasteiger charge is -2.37. The Kier molecular flexibility index (Phi) is 5.54. The fraction of sp³-hybridized carbons (Fsp3) is 0.409. The van der Waals surface area contributed by atoms with E-state index in [9.17, 15) is 4.79 Å². The largest absolute Gasteiger partial charge is 0.353 e. The summed E-state index contributed by atoms with van der Waals surface area (Å²) in [6.45, 7) is 5.81. The summed E-state index contributed by atoms with van der Waals surface area (Å²) in [4.78, 5) is 12.9. The summed E-state index contributed by atoms with van der Waals surface area (Å²) < 4.78 is 0. The molecule has 0 aromatic heterocycles. The van der Waals surface area contributed by atoms with Gasteiger partial charge < -0.3 is 10.6 Å². The number of amides is 1. The van der Waals surface area contributed by atoms with Crippen LogP contribution >= 0.6 is 0 Å². The van der Waals surface area contributed by atoms with Gasteiger partial charge in [0, 0.05) is 12.6 Å². The minimum atomic E-state index is -0.337.